The molecule has 0 atom stereocenters. The normalized spacial score (nSPS) is 16.4. The van der Waals surface area contributed by atoms with E-state index < -0.39 is 11.8 Å². The first-order chi connectivity index (χ1) is 12.4. The van der Waals surface area contributed by atoms with Gasteiger partial charge in [-0.25, -0.2) is 0 Å². The minimum absolute atomic E-state index is 0.0332. The number of hydrogen-bond acceptors (Lipinski definition) is 3. The lowest BCUT2D eigenvalue weighted by atomic mass is 10.0. The van der Waals surface area contributed by atoms with E-state index in [-0.39, 0.29) is 10.7 Å². The smallest absolute Gasteiger partial charge is 0.270 e. The Labute approximate surface area is 162 Å². The van der Waals surface area contributed by atoms with Gasteiger partial charge in [0.2, 0.25) is 0 Å². The molecule has 3 rings (SSSR count). The summed E-state index contributed by atoms with van der Waals surface area (Å²) in [5, 5.41) is 3.17. The second-order valence-electron chi connectivity index (χ2n) is 6.26. The van der Waals surface area contributed by atoms with Crippen LogP contribution in [0.2, 0.25) is 5.02 Å². The van der Waals surface area contributed by atoms with Gasteiger partial charge in [0.15, 0.2) is 5.11 Å². The van der Waals surface area contributed by atoms with Gasteiger partial charge < -0.3 is 0 Å². The Morgan fingerprint density at radius 3 is 2.23 bits per heavy atom. The standard InChI is InChI=1S/C20H17ClN2O2S/c1-12(2)14-5-3-13(4-6-14)11-17-18(24)22-20(26)23(19(17)25)16-9-7-15(21)8-10-16/h3-12H,1-2H3,(H,22,24,26)/b17-11-. The predicted octanol–water partition coefficient (Wildman–Crippen LogP) is 4.29. The summed E-state index contributed by atoms with van der Waals surface area (Å²) in [6.45, 7) is 4.22. The molecule has 0 aliphatic carbocycles. The number of hydrogen-bond donors (Lipinski definition) is 1. The molecule has 2 aromatic rings. The second-order valence-corrected chi connectivity index (χ2v) is 7.08. The lowest BCUT2D eigenvalue weighted by Crippen LogP contribution is -2.54. The number of rotatable bonds is 3. The summed E-state index contributed by atoms with van der Waals surface area (Å²) in [5.74, 6) is -0.554. The summed E-state index contributed by atoms with van der Waals surface area (Å²) in [6.07, 6.45) is 1.58. The lowest BCUT2D eigenvalue weighted by Gasteiger charge is -2.29. The Hall–Kier alpha value is -2.50. The molecule has 1 aliphatic rings. The van der Waals surface area contributed by atoms with Crippen LogP contribution >= 0.6 is 23.8 Å². The van der Waals surface area contributed by atoms with E-state index in [0.717, 1.165) is 5.56 Å². The number of halogens is 1. The molecule has 1 heterocycles. The summed E-state index contributed by atoms with van der Waals surface area (Å²) >= 11 is 11.1. The Morgan fingerprint density at radius 2 is 1.65 bits per heavy atom. The van der Waals surface area contributed by atoms with Gasteiger partial charge >= 0.3 is 0 Å². The van der Waals surface area contributed by atoms with E-state index in [4.69, 9.17) is 23.8 Å². The molecule has 1 N–H and O–H groups in total. The van der Waals surface area contributed by atoms with Crippen molar-refractivity contribution in [2.45, 2.75) is 19.8 Å². The fraction of sp³-hybridized carbons (Fsp3) is 0.150. The number of benzene rings is 2. The van der Waals surface area contributed by atoms with Crippen molar-refractivity contribution in [1.82, 2.24) is 5.32 Å². The van der Waals surface area contributed by atoms with Crippen LogP contribution in [-0.2, 0) is 9.59 Å². The number of carbonyl (C=O) groups is 2. The van der Waals surface area contributed by atoms with E-state index in [1.54, 1.807) is 30.3 Å². The zero-order valence-electron chi connectivity index (χ0n) is 14.3. The highest BCUT2D eigenvalue weighted by atomic mass is 35.5. The monoisotopic (exact) mass is 384 g/mol. The Balaban J connectivity index is 1.95. The summed E-state index contributed by atoms with van der Waals surface area (Å²) in [6, 6.07) is 14.4. The zero-order chi connectivity index (χ0) is 18.8. The molecular weight excluding hydrogens is 368 g/mol. The van der Waals surface area contributed by atoms with Gasteiger partial charge in [-0.1, -0.05) is 49.7 Å². The number of anilines is 1. The molecule has 4 nitrogen and oxygen atoms in total. The SMILES string of the molecule is CC(C)c1ccc(/C=C2/C(=O)NC(=S)N(c3ccc(Cl)cc3)C2=O)cc1. The molecule has 0 unspecified atom stereocenters. The van der Waals surface area contributed by atoms with Crippen molar-refractivity contribution < 1.29 is 9.59 Å². The molecule has 0 bridgehead atoms. The first kappa shape index (κ1) is 18.3. The molecule has 0 aromatic heterocycles. The molecule has 2 amide bonds. The molecule has 1 saturated heterocycles. The van der Waals surface area contributed by atoms with Crippen LogP contribution in [0.4, 0.5) is 5.69 Å². The van der Waals surface area contributed by atoms with Gasteiger partial charge in [-0.05, 0) is 59.6 Å². The molecular formula is C20H17ClN2O2S. The third-order valence-corrected chi connectivity index (χ3v) is 4.64. The van der Waals surface area contributed by atoms with E-state index in [2.05, 4.69) is 19.2 Å². The second kappa shape index (κ2) is 7.40. The largest absolute Gasteiger partial charge is 0.298 e. The summed E-state index contributed by atoms with van der Waals surface area (Å²) < 4.78 is 0. The van der Waals surface area contributed by atoms with Crippen molar-refractivity contribution in [3.63, 3.8) is 0 Å². The highest BCUT2D eigenvalue weighted by molar-refractivity contribution is 7.80. The van der Waals surface area contributed by atoms with E-state index in [1.165, 1.54) is 10.5 Å². The summed E-state index contributed by atoms with van der Waals surface area (Å²) in [7, 11) is 0. The van der Waals surface area contributed by atoms with Gasteiger partial charge in [-0.3, -0.25) is 19.8 Å². The van der Waals surface area contributed by atoms with Crippen LogP contribution in [0.3, 0.4) is 0 Å². The first-order valence-electron chi connectivity index (χ1n) is 8.14. The van der Waals surface area contributed by atoms with E-state index in [9.17, 15) is 9.59 Å². The minimum Gasteiger partial charge on any atom is -0.298 e. The van der Waals surface area contributed by atoms with Crippen molar-refractivity contribution in [3.05, 3.63) is 70.3 Å². The zero-order valence-corrected chi connectivity index (χ0v) is 15.9. The predicted molar refractivity (Wildman–Crippen MR) is 108 cm³/mol. The van der Waals surface area contributed by atoms with E-state index in [1.807, 2.05) is 24.3 Å². The van der Waals surface area contributed by atoms with Crippen molar-refractivity contribution >= 4 is 52.5 Å². The van der Waals surface area contributed by atoms with Gasteiger partial charge in [0.05, 0.1) is 5.69 Å². The average Bonchev–Trinajstić information content (AvgIpc) is 2.60. The van der Waals surface area contributed by atoms with Crippen molar-refractivity contribution in [2.75, 3.05) is 4.90 Å². The van der Waals surface area contributed by atoms with E-state index in [0.29, 0.717) is 16.6 Å². The van der Waals surface area contributed by atoms with Gasteiger partial charge in [0.25, 0.3) is 11.8 Å². The molecule has 6 heteroatoms. The molecule has 0 radical (unpaired) electrons. The summed E-state index contributed by atoms with van der Waals surface area (Å²) in [4.78, 5) is 26.5. The molecule has 0 saturated carbocycles. The lowest BCUT2D eigenvalue weighted by molar-refractivity contribution is -0.122. The minimum atomic E-state index is -0.502. The molecule has 1 aliphatic heterocycles. The summed E-state index contributed by atoms with van der Waals surface area (Å²) in [5.41, 5.74) is 2.55. The van der Waals surface area contributed by atoms with Crippen molar-refractivity contribution in [2.24, 2.45) is 0 Å². The Kier molecular flexibility index (Phi) is 5.20. The highest BCUT2D eigenvalue weighted by Gasteiger charge is 2.34. The van der Waals surface area contributed by atoms with E-state index >= 15 is 0 Å². The van der Waals surface area contributed by atoms with Crippen LogP contribution in [0.1, 0.15) is 30.9 Å². The van der Waals surface area contributed by atoms with Crippen molar-refractivity contribution in [1.29, 1.82) is 0 Å². The fourth-order valence-corrected chi connectivity index (χ4v) is 3.03. The van der Waals surface area contributed by atoms with Crippen LogP contribution < -0.4 is 10.2 Å². The maximum Gasteiger partial charge on any atom is 0.270 e. The topological polar surface area (TPSA) is 49.4 Å². The van der Waals surface area contributed by atoms with Gasteiger partial charge in [-0.2, -0.15) is 0 Å². The Morgan fingerprint density at radius 1 is 1.04 bits per heavy atom. The fourth-order valence-electron chi connectivity index (χ4n) is 2.63. The molecule has 2 aromatic carbocycles. The molecule has 26 heavy (non-hydrogen) atoms. The third kappa shape index (κ3) is 3.69. The molecule has 0 spiro atoms. The van der Waals surface area contributed by atoms with Gasteiger partial charge in [0, 0.05) is 5.02 Å². The third-order valence-electron chi connectivity index (χ3n) is 4.10. The maximum absolute atomic E-state index is 12.9. The van der Waals surface area contributed by atoms with Gasteiger partial charge in [0.1, 0.15) is 5.57 Å². The van der Waals surface area contributed by atoms with Crippen LogP contribution in [0.5, 0.6) is 0 Å². The van der Waals surface area contributed by atoms with Crippen molar-refractivity contribution in [3.8, 4) is 0 Å². The number of carbonyl (C=O) groups excluding carboxylic acids is 2. The van der Waals surface area contributed by atoms with Crippen LogP contribution in [0.15, 0.2) is 54.1 Å². The van der Waals surface area contributed by atoms with Gasteiger partial charge in [-0.15, -0.1) is 0 Å². The van der Waals surface area contributed by atoms with Crippen LogP contribution in [0, 0.1) is 0 Å². The van der Waals surface area contributed by atoms with Crippen LogP contribution in [0.25, 0.3) is 6.08 Å². The maximum atomic E-state index is 12.9. The number of nitrogens with one attached hydrogen (secondary N) is 1. The average molecular weight is 385 g/mol. The molecule has 1 fully saturated rings. The first-order valence-corrected chi connectivity index (χ1v) is 8.92. The quantitative estimate of drug-likeness (QED) is 0.487. The van der Waals surface area contributed by atoms with Crippen LogP contribution in [-0.4, -0.2) is 16.9 Å². The highest BCUT2D eigenvalue weighted by Crippen LogP contribution is 2.24. The molecule has 132 valence electrons. The Bertz CT molecular complexity index is 902. The number of amides is 2. The number of thiocarbonyl (C=S) groups is 1. The number of nitrogens with zero attached hydrogens (tertiary/aromatic N) is 1.